The highest BCUT2D eigenvalue weighted by Crippen LogP contribution is 2.23. The number of morpholine rings is 1. The predicted molar refractivity (Wildman–Crippen MR) is 63.6 cm³/mol. The van der Waals surface area contributed by atoms with E-state index in [1.807, 2.05) is 4.90 Å². The summed E-state index contributed by atoms with van der Waals surface area (Å²) in [6.45, 7) is 4.79. The number of halogens is 1. The molecule has 1 amide bonds. The van der Waals surface area contributed by atoms with Gasteiger partial charge in [-0.05, 0) is 12.3 Å². The number of ether oxygens (including phenoxy) is 2. The largest absolute Gasteiger partial charge is 0.374 e. The van der Waals surface area contributed by atoms with E-state index in [1.165, 1.54) is 0 Å². The third kappa shape index (κ3) is 2.57. The van der Waals surface area contributed by atoms with Crippen LogP contribution in [0.15, 0.2) is 0 Å². The third-order valence-electron chi connectivity index (χ3n) is 3.25. The summed E-state index contributed by atoms with van der Waals surface area (Å²) in [6.07, 6.45) is 0.881. The molecule has 0 aromatic carbocycles. The second-order valence-corrected chi connectivity index (χ2v) is 5.14. The average molecular weight is 292 g/mol. The Bertz CT molecular complexity index is 262. The summed E-state index contributed by atoms with van der Waals surface area (Å²) >= 11 is 3.39. The fraction of sp³-hybridized carbons (Fsp3) is 0.909. The van der Waals surface area contributed by atoms with Crippen LogP contribution in [0.3, 0.4) is 0 Å². The van der Waals surface area contributed by atoms with Crippen LogP contribution in [0.2, 0.25) is 0 Å². The van der Waals surface area contributed by atoms with E-state index in [4.69, 9.17) is 9.47 Å². The molecule has 4 nitrogen and oxygen atoms in total. The van der Waals surface area contributed by atoms with Crippen LogP contribution in [0.25, 0.3) is 0 Å². The average Bonchev–Trinajstić information content (AvgIpc) is 2.74. The molecule has 3 unspecified atom stereocenters. The highest BCUT2D eigenvalue weighted by Gasteiger charge is 2.35. The Kier molecular flexibility index (Phi) is 4.21. The van der Waals surface area contributed by atoms with Crippen LogP contribution < -0.4 is 0 Å². The number of nitrogens with zero attached hydrogens (tertiary/aromatic N) is 1. The molecule has 0 saturated carbocycles. The minimum absolute atomic E-state index is 0.120. The fourth-order valence-electron chi connectivity index (χ4n) is 2.20. The Hall–Kier alpha value is -0.130. The van der Waals surface area contributed by atoms with Gasteiger partial charge in [-0.1, -0.05) is 22.9 Å². The van der Waals surface area contributed by atoms with Gasteiger partial charge in [0.05, 0.1) is 12.7 Å². The molecule has 5 heteroatoms. The van der Waals surface area contributed by atoms with Crippen LogP contribution in [0.4, 0.5) is 0 Å². The molecular formula is C11H18BrNO3. The van der Waals surface area contributed by atoms with Crippen molar-refractivity contribution in [2.75, 3.05) is 31.6 Å². The minimum atomic E-state index is -0.228. The topological polar surface area (TPSA) is 38.8 Å². The van der Waals surface area contributed by atoms with Gasteiger partial charge >= 0.3 is 0 Å². The SMILES string of the molecule is CC1CCOC1C(=O)N1CCOC(CBr)C1. The van der Waals surface area contributed by atoms with Gasteiger partial charge in [0.15, 0.2) is 0 Å². The van der Waals surface area contributed by atoms with Crippen molar-refractivity contribution in [2.24, 2.45) is 5.92 Å². The molecule has 0 aromatic heterocycles. The number of hydrogen-bond acceptors (Lipinski definition) is 3. The summed E-state index contributed by atoms with van der Waals surface area (Å²) in [7, 11) is 0. The molecule has 0 aliphatic carbocycles. The van der Waals surface area contributed by atoms with Gasteiger partial charge in [0.2, 0.25) is 0 Å². The van der Waals surface area contributed by atoms with Crippen LogP contribution in [0.1, 0.15) is 13.3 Å². The fourth-order valence-corrected chi connectivity index (χ4v) is 2.60. The highest BCUT2D eigenvalue weighted by molar-refractivity contribution is 9.09. The molecule has 0 spiro atoms. The third-order valence-corrected chi connectivity index (χ3v) is 3.98. The zero-order chi connectivity index (χ0) is 11.5. The molecule has 3 atom stereocenters. The molecule has 0 N–H and O–H groups in total. The van der Waals surface area contributed by atoms with E-state index in [0.29, 0.717) is 32.2 Å². The lowest BCUT2D eigenvalue weighted by molar-refractivity contribution is -0.149. The molecule has 0 aromatic rings. The van der Waals surface area contributed by atoms with Crippen molar-refractivity contribution in [1.82, 2.24) is 4.90 Å². The summed E-state index contributed by atoms with van der Waals surface area (Å²) < 4.78 is 11.0. The second kappa shape index (κ2) is 5.47. The Morgan fingerprint density at radius 1 is 1.44 bits per heavy atom. The lowest BCUT2D eigenvalue weighted by Gasteiger charge is -2.34. The minimum Gasteiger partial charge on any atom is -0.374 e. The first-order valence-corrected chi connectivity index (χ1v) is 6.92. The van der Waals surface area contributed by atoms with E-state index >= 15 is 0 Å². The summed E-state index contributed by atoms with van der Waals surface area (Å²) in [6, 6.07) is 0. The van der Waals surface area contributed by atoms with Gasteiger partial charge in [0, 0.05) is 25.0 Å². The van der Waals surface area contributed by atoms with E-state index in [2.05, 4.69) is 22.9 Å². The molecular weight excluding hydrogens is 274 g/mol. The Labute approximate surface area is 104 Å². The van der Waals surface area contributed by atoms with Gasteiger partial charge in [-0.3, -0.25) is 4.79 Å². The van der Waals surface area contributed by atoms with Crippen LogP contribution in [-0.2, 0) is 14.3 Å². The number of carbonyl (C=O) groups is 1. The quantitative estimate of drug-likeness (QED) is 0.714. The normalized spacial score (nSPS) is 35.4. The van der Waals surface area contributed by atoms with Gasteiger partial charge in [-0.2, -0.15) is 0 Å². The molecule has 2 saturated heterocycles. The first kappa shape index (κ1) is 12.3. The predicted octanol–water partition coefficient (Wildman–Crippen LogP) is 1.03. The number of hydrogen-bond donors (Lipinski definition) is 0. The number of alkyl halides is 1. The molecule has 2 aliphatic heterocycles. The number of carbonyl (C=O) groups excluding carboxylic acids is 1. The number of rotatable bonds is 2. The van der Waals surface area contributed by atoms with Crippen molar-refractivity contribution < 1.29 is 14.3 Å². The molecule has 92 valence electrons. The van der Waals surface area contributed by atoms with Gasteiger partial charge in [-0.15, -0.1) is 0 Å². The maximum absolute atomic E-state index is 12.2. The zero-order valence-electron chi connectivity index (χ0n) is 9.52. The van der Waals surface area contributed by atoms with E-state index in [1.54, 1.807) is 0 Å². The molecule has 2 heterocycles. The Balaban J connectivity index is 1.93. The van der Waals surface area contributed by atoms with Crippen molar-refractivity contribution in [2.45, 2.75) is 25.6 Å². The van der Waals surface area contributed by atoms with E-state index in [9.17, 15) is 4.79 Å². The van der Waals surface area contributed by atoms with Crippen LogP contribution in [-0.4, -0.2) is 54.6 Å². The lowest BCUT2D eigenvalue weighted by atomic mass is 10.0. The van der Waals surface area contributed by atoms with E-state index < -0.39 is 0 Å². The van der Waals surface area contributed by atoms with Gasteiger partial charge in [-0.25, -0.2) is 0 Å². The van der Waals surface area contributed by atoms with Crippen LogP contribution in [0, 0.1) is 5.92 Å². The van der Waals surface area contributed by atoms with Gasteiger partial charge in [0.25, 0.3) is 5.91 Å². The smallest absolute Gasteiger partial charge is 0.252 e. The van der Waals surface area contributed by atoms with Crippen molar-refractivity contribution in [3.05, 3.63) is 0 Å². The zero-order valence-corrected chi connectivity index (χ0v) is 11.1. The molecule has 2 aliphatic rings. The van der Waals surface area contributed by atoms with Crippen molar-refractivity contribution >= 4 is 21.8 Å². The summed E-state index contributed by atoms with van der Waals surface area (Å²) in [4.78, 5) is 14.1. The molecule has 2 fully saturated rings. The highest BCUT2D eigenvalue weighted by atomic mass is 79.9. The maximum atomic E-state index is 12.2. The second-order valence-electron chi connectivity index (χ2n) is 4.49. The standard InChI is InChI=1S/C11H18BrNO3/c1-8-2-4-16-10(8)11(14)13-3-5-15-9(6-12)7-13/h8-10H,2-7H2,1H3. The molecule has 0 radical (unpaired) electrons. The van der Waals surface area contributed by atoms with Gasteiger partial charge in [0.1, 0.15) is 6.10 Å². The Morgan fingerprint density at radius 3 is 2.88 bits per heavy atom. The number of amides is 1. The van der Waals surface area contributed by atoms with Crippen LogP contribution >= 0.6 is 15.9 Å². The first-order valence-electron chi connectivity index (χ1n) is 5.80. The first-order chi connectivity index (χ1) is 7.72. The van der Waals surface area contributed by atoms with Crippen molar-refractivity contribution in [1.29, 1.82) is 0 Å². The summed E-state index contributed by atoms with van der Waals surface area (Å²) in [5, 5.41) is 0.776. The van der Waals surface area contributed by atoms with E-state index in [0.717, 1.165) is 11.8 Å². The maximum Gasteiger partial charge on any atom is 0.252 e. The Morgan fingerprint density at radius 2 is 2.25 bits per heavy atom. The van der Waals surface area contributed by atoms with Gasteiger partial charge < -0.3 is 14.4 Å². The molecule has 2 rings (SSSR count). The molecule has 0 bridgehead atoms. The van der Waals surface area contributed by atoms with Crippen molar-refractivity contribution in [3.63, 3.8) is 0 Å². The molecule has 16 heavy (non-hydrogen) atoms. The summed E-state index contributed by atoms with van der Waals surface area (Å²) in [5.74, 6) is 0.483. The lowest BCUT2D eigenvalue weighted by Crippen LogP contribution is -2.50. The summed E-state index contributed by atoms with van der Waals surface area (Å²) in [5.41, 5.74) is 0. The van der Waals surface area contributed by atoms with Crippen LogP contribution in [0.5, 0.6) is 0 Å². The van der Waals surface area contributed by atoms with Crippen molar-refractivity contribution in [3.8, 4) is 0 Å². The monoisotopic (exact) mass is 291 g/mol. The van der Waals surface area contributed by atoms with E-state index in [-0.39, 0.29) is 18.1 Å².